The molecular weight excluding hydrogens is 325 g/mol. The zero-order valence-corrected chi connectivity index (χ0v) is 14.5. The number of carbonyl (C=O) groups excluding carboxylic acids is 1. The zero-order valence-electron chi connectivity index (χ0n) is 13.7. The van der Waals surface area contributed by atoms with Gasteiger partial charge in [0.15, 0.2) is 0 Å². The number of para-hydroxylation sites is 1. The molecule has 0 aromatic heterocycles. The lowest BCUT2D eigenvalue weighted by molar-refractivity contribution is -0.123. The summed E-state index contributed by atoms with van der Waals surface area (Å²) in [5.74, 6) is 0.166. The van der Waals surface area contributed by atoms with Gasteiger partial charge in [0, 0.05) is 5.56 Å². The lowest BCUT2D eigenvalue weighted by Gasteiger charge is -2.33. The van der Waals surface area contributed by atoms with Crippen molar-refractivity contribution in [3.05, 3.63) is 65.5 Å². The van der Waals surface area contributed by atoms with Crippen LogP contribution in [0.3, 0.4) is 0 Å². The summed E-state index contributed by atoms with van der Waals surface area (Å²) in [6, 6.07) is 13.9. The van der Waals surface area contributed by atoms with Crippen molar-refractivity contribution in [3.8, 4) is 5.75 Å². The van der Waals surface area contributed by atoms with Crippen molar-refractivity contribution < 1.29 is 13.9 Å². The summed E-state index contributed by atoms with van der Waals surface area (Å²) in [4.78, 5) is 12.6. The molecule has 0 saturated carbocycles. The molecule has 1 heterocycles. The van der Waals surface area contributed by atoms with Crippen molar-refractivity contribution in [1.82, 2.24) is 5.32 Å². The van der Waals surface area contributed by atoms with Crippen molar-refractivity contribution in [1.29, 1.82) is 0 Å². The average molecular weight is 345 g/mol. The summed E-state index contributed by atoms with van der Waals surface area (Å²) in [6.07, 6.45) is 2.04. The first kappa shape index (κ1) is 16.8. The van der Waals surface area contributed by atoms with Crippen LogP contribution in [0.2, 0.25) is 0 Å². The van der Waals surface area contributed by atoms with E-state index in [4.69, 9.17) is 4.74 Å². The normalized spacial score (nSPS) is 20.6. The molecule has 1 aliphatic rings. The van der Waals surface area contributed by atoms with E-state index in [0.717, 1.165) is 16.9 Å². The van der Waals surface area contributed by atoms with E-state index in [1.165, 1.54) is 12.1 Å². The third kappa shape index (κ3) is 3.41. The van der Waals surface area contributed by atoms with Gasteiger partial charge in [0.25, 0.3) is 0 Å². The van der Waals surface area contributed by atoms with Gasteiger partial charge in [-0.2, -0.15) is 11.8 Å². The van der Waals surface area contributed by atoms with Crippen LogP contribution in [0.5, 0.6) is 5.75 Å². The molecule has 1 N–H and O–H groups in total. The maximum atomic E-state index is 13.0. The Hall–Kier alpha value is -2.01. The Morgan fingerprint density at radius 3 is 2.67 bits per heavy atom. The Morgan fingerprint density at radius 1 is 1.25 bits per heavy atom. The van der Waals surface area contributed by atoms with E-state index in [0.29, 0.717) is 6.61 Å². The first-order valence-corrected chi connectivity index (χ1v) is 9.19. The summed E-state index contributed by atoms with van der Waals surface area (Å²) >= 11 is 1.70. The molecule has 0 fully saturated rings. The highest BCUT2D eigenvalue weighted by Crippen LogP contribution is 2.39. The van der Waals surface area contributed by atoms with Gasteiger partial charge in [-0.15, -0.1) is 0 Å². The van der Waals surface area contributed by atoms with Crippen LogP contribution in [-0.2, 0) is 4.79 Å². The largest absolute Gasteiger partial charge is 0.491 e. The minimum atomic E-state index is -0.342. The van der Waals surface area contributed by atoms with Crippen LogP contribution in [0, 0.1) is 5.82 Å². The number of halogens is 1. The molecule has 0 saturated heterocycles. The van der Waals surface area contributed by atoms with E-state index < -0.39 is 0 Å². The van der Waals surface area contributed by atoms with Crippen LogP contribution < -0.4 is 10.1 Å². The van der Waals surface area contributed by atoms with Crippen molar-refractivity contribution in [3.63, 3.8) is 0 Å². The molecule has 0 radical (unpaired) electrons. The van der Waals surface area contributed by atoms with Crippen molar-refractivity contribution in [2.75, 3.05) is 12.9 Å². The van der Waals surface area contributed by atoms with Gasteiger partial charge in [-0.1, -0.05) is 30.3 Å². The quantitative estimate of drug-likeness (QED) is 0.913. The van der Waals surface area contributed by atoms with Gasteiger partial charge in [0.1, 0.15) is 18.2 Å². The Bertz CT molecular complexity index is 720. The van der Waals surface area contributed by atoms with Gasteiger partial charge in [-0.3, -0.25) is 4.79 Å². The summed E-state index contributed by atoms with van der Waals surface area (Å²) in [5, 5.41) is 3.25. The molecule has 2 aromatic rings. The smallest absolute Gasteiger partial charge is 0.227 e. The SMILES string of the molecule is CS[C@H]1c2ccccc2OC[C@@H]1NC(=O)[C@@H](C)c1ccc(F)cc1. The third-order valence-electron chi connectivity index (χ3n) is 4.35. The second kappa shape index (κ2) is 7.26. The lowest BCUT2D eigenvalue weighted by atomic mass is 9.98. The molecule has 3 atom stereocenters. The van der Waals surface area contributed by atoms with Gasteiger partial charge in [0.05, 0.1) is 17.2 Å². The number of hydrogen-bond donors (Lipinski definition) is 1. The number of nitrogens with one attached hydrogen (secondary N) is 1. The fraction of sp³-hybridized carbons (Fsp3) is 0.316. The van der Waals surface area contributed by atoms with Crippen LogP contribution in [0.15, 0.2) is 48.5 Å². The Labute approximate surface area is 145 Å². The number of carbonyl (C=O) groups is 1. The zero-order chi connectivity index (χ0) is 17.1. The van der Waals surface area contributed by atoms with Gasteiger partial charge in [-0.05, 0) is 36.9 Å². The minimum Gasteiger partial charge on any atom is -0.491 e. The predicted molar refractivity (Wildman–Crippen MR) is 94.9 cm³/mol. The van der Waals surface area contributed by atoms with Crippen molar-refractivity contribution >= 4 is 17.7 Å². The van der Waals surface area contributed by atoms with E-state index in [1.54, 1.807) is 23.9 Å². The molecule has 24 heavy (non-hydrogen) atoms. The minimum absolute atomic E-state index is 0.0753. The molecule has 5 heteroatoms. The van der Waals surface area contributed by atoms with Crippen molar-refractivity contribution in [2.45, 2.75) is 24.1 Å². The third-order valence-corrected chi connectivity index (χ3v) is 5.44. The van der Waals surface area contributed by atoms with Crippen LogP contribution in [0.4, 0.5) is 4.39 Å². The molecule has 0 bridgehead atoms. The van der Waals surface area contributed by atoms with E-state index in [-0.39, 0.29) is 28.9 Å². The van der Waals surface area contributed by atoms with Crippen LogP contribution >= 0.6 is 11.8 Å². The standard InChI is InChI=1S/C19H20FNO2S/c1-12(13-7-9-14(20)10-8-13)19(22)21-16-11-23-17-6-4-3-5-15(17)18(16)24-2/h3-10,12,16,18H,11H2,1-2H3,(H,21,22)/t12-,16-,18-/m0/s1. The van der Waals surface area contributed by atoms with Crippen LogP contribution in [0.1, 0.15) is 29.2 Å². The van der Waals surface area contributed by atoms with Gasteiger partial charge < -0.3 is 10.1 Å². The fourth-order valence-electron chi connectivity index (χ4n) is 2.95. The second-order valence-electron chi connectivity index (χ2n) is 5.89. The predicted octanol–water partition coefficient (Wildman–Crippen LogP) is 3.91. The number of hydrogen-bond acceptors (Lipinski definition) is 3. The Balaban J connectivity index is 1.73. The van der Waals surface area contributed by atoms with E-state index in [9.17, 15) is 9.18 Å². The summed E-state index contributed by atoms with van der Waals surface area (Å²) in [5.41, 5.74) is 1.91. The maximum absolute atomic E-state index is 13.0. The van der Waals surface area contributed by atoms with Crippen LogP contribution in [-0.4, -0.2) is 24.8 Å². The molecule has 1 aliphatic heterocycles. The highest BCUT2D eigenvalue weighted by molar-refractivity contribution is 7.98. The highest BCUT2D eigenvalue weighted by atomic mass is 32.2. The number of fused-ring (bicyclic) bond motifs is 1. The lowest BCUT2D eigenvalue weighted by Crippen LogP contribution is -2.46. The molecule has 0 spiro atoms. The highest BCUT2D eigenvalue weighted by Gasteiger charge is 2.32. The molecule has 126 valence electrons. The molecule has 3 nitrogen and oxygen atoms in total. The molecule has 1 amide bonds. The number of rotatable bonds is 4. The molecule has 0 unspecified atom stereocenters. The fourth-order valence-corrected chi connectivity index (χ4v) is 3.87. The number of thioether (sulfide) groups is 1. The van der Waals surface area contributed by atoms with E-state index >= 15 is 0 Å². The summed E-state index contributed by atoms with van der Waals surface area (Å²) < 4.78 is 18.8. The molecule has 2 aromatic carbocycles. The van der Waals surface area contributed by atoms with Crippen LogP contribution in [0.25, 0.3) is 0 Å². The average Bonchev–Trinajstić information content (AvgIpc) is 2.61. The molecule has 3 rings (SSSR count). The Morgan fingerprint density at radius 2 is 1.96 bits per heavy atom. The number of amides is 1. The molecule has 0 aliphatic carbocycles. The second-order valence-corrected chi connectivity index (χ2v) is 6.87. The molecular formula is C19H20FNO2S. The number of ether oxygens (including phenoxy) is 1. The first-order valence-electron chi connectivity index (χ1n) is 7.90. The maximum Gasteiger partial charge on any atom is 0.227 e. The van der Waals surface area contributed by atoms with Gasteiger partial charge in [-0.25, -0.2) is 4.39 Å². The van der Waals surface area contributed by atoms with E-state index in [1.807, 2.05) is 37.4 Å². The Kier molecular flexibility index (Phi) is 5.09. The monoisotopic (exact) mass is 345 g/mol. The number of benzene rings is 2. The van der Waals surface area contributed by atoms with Gasteiger partial charge >= 0.3 is 0 Å². The first-order chi connectivity index (χ1) is 11.6. The summed E-state index contributed by atoms with van der Waals surface area (Å²) in [7, 11) is 0. The van der Waals surface area contributed by atoms with Gasteiger partial charge in [0.2, 0.25) is 5.91 Å². The topological polar surface area (TPSA) is 38.3 Å². The van der Waals surface area contributed by atoms with Crippen molar-refractivity contribution in [2.24, 2.45) is 0 Å². The summed E-state index contributed by atoms with van der Waals surface area (Å²) in [6.45, 7) is 2.28. The van der Waals surface area contributed by atoms with E-state index in [2.05, 4.69) is 5.32 Å².